The summed E-state index contributed by atoms with van der Waals surface area (Å²) in [5, 5.41) is 10.4. The quantitative estimate of drug-likeness (QED) is 0.0752. The van der Waals surface area contributed by atoms with Crippen LogP contribution < -0.4 is 68.8 Å². The van der Waals surface area contributed by atoms with Gasteiger partial charge in [0.25, 0.3) is 0 Å². The number of halogens is 2. The molecule has 0 aliphatic carbocycles. The van der Waals surface area contributed by atoms with E-state index in [1.807, 2.05) is 146 Å². The molecule has 114 heavy (non-hydrogen) atoms. The van der Waals surface area contributed by atoms with Gasteiger partial charge in [0.1, 0.15) is 0 Å². The summed E-state index contributed by atoms with van der Waals surface area (Å²) in [6, 6.07) is 154. The lowest BCUT2D eigenvalue weighted by atomic mass is 9.39. The van der Waals surface area contributed by atoms with Crippen molar-refractivity contribution in [1.29, 1.82) is 0 Å². The van der Waals surface area contributed by atoms with Gasteiger partial charge in [-0.1, -0.05) is 457 Å². The van der Waals surface area contributed by atoms with Crippen LogP contribution in [0.5, 0.6) is 0 Å². The summed E-state index contributed by atoms with van der Waals surface area (Å²) >= 11 is 3.67. The van der Waals surface area contributed by atoms with Crippen molar-refractivity contribution < 1.29 is 4.32 Å². The minimum Gasteiger partial charge on any atom is -0.322 e. The van der Waals surface area contributed by atoms with Crippen LogP contribution in [0.4, 0.5) is 4.32 Å². The summed E-state index contributed by atoms with van der Waals surface area (Å²) in [5.41, 5.74) is 16.1. The minimum absolute atomic E-state index is 0.186. The van der Waals surface area contributed by atoms with Crippen molar-refractivity contribution in [3.63, 3.8) is 0 Å². The highest BCUT2D eigenvalue weighted by Crippen LogP contribution is 2.30. The Bertz CT molecular complexity index is 6110. The summed E-state index contributed by atoms with van der Waals surface area (Å²) in [6.45, 7) is -0.756. The molecule has 0 bridgehead atoms. The van der Waals surface area contributed by atoms with Crippen LogP contribution in [-0.4, -0.2) is 59.8 Å². The van der Waals surface area contributed by atoms with Crippen LogP contribution in [0.25, 0.3) is 90.6 Å². The van der Waals surface area contributed by atoms with E-state index in [1.165, 1.54) is 69.0 Å². The molecule has 2 aliphatic rings. The molecule has 0 saturated heterocycles. The van der Waals surface area contributed by atoms with Gasteiger partial charge in [0.15, 0.2) is 51.1 Å². The van der Waals surface area contributed by atoms with Crippen molar-refractivity contribution in [2.24, 2.45) is 0 Å². The molecule has 6 nitrogen and oxygen atoms in total. The lowest BCUT2D eigenvalue weighted by Crippen LogP contribution is -2.74. The molecule has 0 saturated carbocycles. The Morgan fingerprint density at radius 1 is 0.202 bits per heavy atom. The van der Waals surface area contributed by atoms with E-state index in [0.717, 1.165) is 59.9 Å². The first-order valence-electron chi connectivity index (χ1n) is 38.4. The standard InChI is InChI=1S/C51H36BN3Si.C39H28BrN3Si.C12H8BF/c1-5-18-37(19-6-1)49-53-50(38-20-7-2-8-21-38)55-51(54-49)39-22-17-27-44(36-39)56(41-23-9-3-10-24-41,42-25-11-4-12-26-42)43-34-32-40(33-35-43)52-47-30-15-13-28-45(47)46-29-14-16-31-48(46)52;40-32-24-26-35(27-25-32)44(33-19-9-3-10-20-33,34-21-11-4-12-22-34)36-23-13-18-31(28-36)39-42-37(29-14-5-1-6-15-29)41-38(43-39)30-16-7-2-8-17-30;14-13-11-7-3-1-5-9(11)10-6-2-4-8-12(10)13/h1-36H;1-28H;1-8H. The second-order valence-electron chi connectivity index (χ2n) is 28.5. The van der Waals surface area contributed by atoms with Gasteiger partial charge in [-0.2, -0.15) is 0 Å². The van der Waals surface area contributed by atoms with E-state index in [1.54, 1.807) is 0 Å². The number of rotatable bonds is 15. The number of hydrogen-bond donors (Lipinski definition) is 0. The molecule has 2 aliphatic heterocycles. The molecule has 0 N–H and O–H groups in total. The van der Waals surface area contributed by atoms with Gasteiger partial charge in [-0.3, -0.25) is 0 Å². The van der Waals surface area contributed by atoms with E-state index in [2.05, 4.69) is 307 Å². The summed E-state index contributed by atoms with van der Waals surface area (Å²) < 4.78 is 15.0. The normalized spacial score (nSPS) is 11.7. The predicted molar refractivity (Wildman–Crippen MR) is 482 cm³/mol. The van der Waals surface area contributed by atoms with Gasteiger partial charge >= 0.3 is 6.99 Å². The Hall–Kier alpha value is -13.5. The van der Waals surface area contributed by atoms with Crippen LogP contribution in [0.1, 0.15) is 0 Å². The molecule has 0 spiro atoms. The molecule has 20 rings (SSSR count). The van der Waals surface area contributed by atoms with E-state index in [9.17, 15) is 4.32 Å². The van der Waals surface area contributed by atoms with Crippen LogP contribution in [0.3, 0.4) is 0 Å². The Kier molecular flexibility index (Phi) is 20.5. The van der Waals surface area contributed by atoms with Crippen LogP contribution >= 0.6 is 15.9 Å². The highest BCUT2D eigenvalue weighted by atomic mass is 79.9. The highest BCUT2D eigenvalue weighted by Gasteiger charge is 2.44. The third-order valence-corrected chi connectivity index (χ3v) is 32.0. The Morgan fingerprint density at radius 3 is 0.728 bits per heavy atom. The number of fused-ring (bicyclic) bond motifs is 6. The van der Waals surface area contributed by atoms with Crippen LogP contribution in [0, 0.1) is 0 Å². The molecule has 0 atom stereocenters. The zero-order chi connectivity index (χ0) is 76.6. The van der Waals surface area contributed by atoms with Crippen LogP contribution in [0.2, 0.25) is 0 Å². The zero-order valence-electron chi connectivity index (χ0n) is 62.2. The molecule has 12 heteroatoms. The first-order valence-corrected chi connectivity index (χ1v) is 43.2. The van der Waals surface area contributed by atoms with Crippen molar-refractivity contribution >= 4 is 115 Å². The molecule has 0 radical (unpaired) electrons. The Morgan fingerprint density at radius 2 is 0.421 bits per heavy atom. The maximum atomic E-state index is 13.9. The van der Waals surface area contributed by atoms with Gasteiger partial charge in [-0.05, 0) is 86.8 Å². The fraction of sp³-hybridized carbons (Fsp3) is 0. The summed E-state index contributed by atoms with van der Waals surface area (Å²) in [7, 11) is -5.63. The van der Waals surface area contributed by atoms with Gasteiger partial charge in [-0.25, -0.2) is 29.9 Å². The van der Waals surface area contributed by atoms with Crippen molar-refractivity contribution in [1.82, 2.24) is 29.9 Å². The predicted octanol–water partition coefficient (Wildman–Crippen LogP) is 15.5. The fourth-order valence-electron chi connectivity index (χ4n) is 16.6. The maximum Gasteiger partial charge on any atom is 0.414 e. The van der Waals surface area contributed by atoms with Crippen molar-refractivity contribution in [2.75, 3.05) is 0 Å². The van der Waals surface area contributed by atoms with Crippen LogP contribution in [0.15, 0.2) is 441 Å². The first-order chi connectivity index (χ1) is 56.4. The van der Waals surface area contributed by atoms with E-state index in [0.29, 0.717) is 34.9 Å². The topological polar surface area (TPSA) is 77.3 Å². The second-order valence-corrected chi connectivity index (χ2v) is 37.0. The molecular weight excluding hydrogens is 1490 g/mol. The molecular formula is C102H72B2BrFN6Si2. The lowest BCUT2D eigenvalue weighted by molar-refractivity contribution is 0.867. The first kappa shape index (κ1) is 72.1. The van der Waals surface area contributed by atoms with Gasteiger partial charge in [0, 0.05) is 37.9 Å². The van der Waals surface area contributed by atoms with Crippen molar-refractivity contribution in [3.8, 4) is 90.6 Å². The molecule has 2 aromatic heterocycles. The third-order valence-electron chi connectivity index (χ3n) is 21.9. The second kappa shape index (κ2) is 32.5. The average molecular weight is 1560 g/mol. The summed E-state index contributed by atoms with van der Waals surface area (Å²) in [6.07, 6.45) is 0. The van der Waals surface area contributed by atoms with Gasteiger partial charge in [0.2, 0.25) is 6.71 Å². The monoisotopic (exact) mass is 1560 g/mol. The van der Waals surface area contributed by atoms with Gasteiger partial charge < -0.3 is 4.32 Å². The SMILES string of the molecule is Brc1ccc([Si](c2ccccc2)(c2ccccc2)c2cccc(-c3nc(-c4ccccc4)nc(-c4ccccc4)n3)c2)cc1.FB1c2ccccc2-c2ccccc21.c1ccc(-c2nc(-c3ccccc3)nc(-c3cccc([Si](c4ccccc4)(c4ccccc4)c4ccc(B5c6ccccc6-c6ccccc65)cc4)c3)n2)cc1. The fourth-order valence-corrected chi connectivity index (χ4v) is 26.4. The molecule has 0 fully saturated rings. The smallest absolute Gasteiger partial charge is 0.322 e. The van der Waals surface area contributed by atoms with Crippen LogP contribution in [-0.2, 0) is 0 Å². The van der Waals surface area contributed by atoms with E-state index in [4.69, 9.17) is 29.9 Å². The van der Waals surface area contributed by atoms with E-state index >= 15 is 0 Å². The minimum atomic E-state index is -2.90. The number of hydrogen-bond acceptors (Lipinski definition) is 6. The molecule has 0 amide bonds. The molecule has 16 aromatic carbocycles. The summed E-state index contributed by atoms with van der Waals surface area (Å²) in [5.74, 6) is 3.92. The molecule has 0 unspecified atom stereocenters. The average Bonchev–Trinajstić information content (AvgIpc) is 0.865. The maximum absolute atomic E-state index is 13.9. The Labute approximate surface area is 675 Å². The molecule has 4 heterocycles. The highest BCUT2D eigenvalue weighted by molar-refractivity contribution is 9.10. The molecule has 18 aromatic rings. The largest absolute Gasteiger partial charge is 0.414 e. The Balaban J connectivity index is 0.000000138. The van der Waals surface area contributed by atoms with Crippen molar-refractivity contribution in [3.05, 3.63) is 441 Å². The van der Waals surface area contributed by atoms with Gasteiger partial charge in [0.05, 0.1) is 0 Å². The number of aromatic nitrogens is 6. The van der Waals surface area contributed by atoms with E-state index in [-0.39, 0.29) is 6.71 Å². The van der Waals surface area contributed by atoms with Crippen molar-refractivity contribution in [2.45, 2.75) is 0 Å². The van der Waals surface area contributed by atoms with E-state index < -0.39 is 23.1 Å². The number of nitrogens with zero attached hydrogens (tertiary/aromatic N) is 6. The van der Waals surface area contributed by atoms with Gasteiger partial charge in [-0.15, -0.1) is 0 Å². The number of benzene rings is 16. The third kappa shape index (κ3) is 14.0. The summed E-state index contributed by atoms with van der Waals surface area (Å²) in [4.78, 5) is 30.2. The lowest BCUT2D eigenvalue weighted by Gasteiger charge is -2.35. The molecule has 538 valence electrons. The zero-order valence-corrected chi connectivity index (χ0v) is 65.7.